The number of benzene rings is 2. The number of hydrogen-bond donors (Lipinski definition) is 2. The third-order valence-electron chi connectivity index (χ3n) is 3.50. The molecule has 2 aromatic carbocycles. The van der Waals surface area contributed by atoms with E-state index in [4.69, 9.17) is 17.0 Å². The van der Waals surface area contributed by atoms with Gasteiger partial charge in [-0.15, -0.1) is 0 Å². The summed E-state index contributed by atoms with van der Waals surface area (Å²) in [6.45, 7) is 4.92. The van der Waals surface area contributed by atoms with Gasteiger partial charge in [0.05, 0.1) is 7.11 Å². The van der Waals surface area contributed by atoms with Crippen LogP contribution in [0.5, 0.6) is 5.75 Å². The van der Waals surface area contributed by atoms with Gasteiger partial charge in [0.15, 0.2) is 5.11 Å². The maximum absolute atomic E-state index is 5.35. The Balaban J connectivity index is 1.85. The van der Waals surface area contributed by atoms with Crippen molar-refractivity contribution in [2.75, 3.05) is 19.0 Å². The highest BCUT2D eigenvalue weighted by Crippen LogP contribution is 2.18. The first kappa shape index (κ1) is 16.3. The SMILES string of the molecule is COc1ccccc1CCNC(=S)Nc1ccc(C)cc1C. The summed E-state index contributed by atoms with van der Waals surface area (Å²) in [5.41, 5.74) is 4.65. The fourth-order valence-corrected chi connectivity index (χ4v) is 2.55. The molecule has 0 aliphatic heterocycles. The van der Waals surface area contributed by atoms with Crippen LogP contribution >= 0.6 is 12.2 Å². The standard InChI is InChI=1S/C18H22N2OS/c1-13-8-9-16(14(2)12-13)20-18(22)19-11-10-15-6-4-5-7-17(15)21-3/h4-9,12H,10-11H2,1-3H3,(H2,19,20,22). The van der Waals surface area contributed by atoms with Crippen molar-refractivity contribution in [1.82, 2.24) is 5.32 Å². The lowest BCUT2D eigenvalue weighted by Gasteiger charge is -2.13. The molecule has 0 spiro atoms. The Labute approximate surface area is 137 Å². The Morgan fingerprint density at radius 1 is 1.14 bits per heavy atom. The molecule has 4 heteroatoms. The number of para-hydroxylation sites is 1. The van der Waals surface area contributed by atoms with Gasteiger partial charge in [-0.3, -0.25) is 0 Å². The molecule has 2 N–H and O–H groups in total. The molecule has 3 nitrogen and oxygen atoms in total. The average Bonchev–Trinajstić information content (AvgIpc) is 2.50. The third-order valence-corrected chi connectivity index (χ3v) is 3.75. The maximum Gasteiger partial charge on any atom is 0.170 e. The summed E-state index contributed by atoms with van der Waals surface area (Å²) in [6, 6.07) is 14.3. The molecular weight excluding hydrogens is 292 g/mol. The van der Waals surface area contributed by atoms with Crippen LogP contribution in [0.15, 0.2) is 42.5 Å². The van der Waals surface area contributed by atoms with E-state index in [9.17, 15) is 0 Å². The van der Waals surface area contributed by atoms with Crippen molar-refractivity contribution in [2.45, 2.75) is 20.3 Å². The van der Waals surface area contributed by atoms with E-state index in [2.05, 4.69) is 48.7 Å². The average molecular weight is 314 g/mol. The van der Waals surface area contributed by atoms with E-state index in [0.29, 0.717) is 5.11 Å². The van der Waals surface area contributed by atoms with Crippen molar-refractivity contribution in [3.63, 3.8) is 0 Å². The van der Waals surface area contributed by atoms with Crippen molar-refractivity contribution >= 4 is 23.0 Å². The van der Waals surface area contributed by atoms with Gasteiger partial charge >= 0.3 is 0 Å². The van der Waals surface area contributed by atoms with Crippen molar-refractivity contribution < 1.29 is 4.74 Å². The van der Waals surface area contributed by atoms with Crippen molar-refractivity contribution in [3.8, 4) is 5.75 Å². The summed E-state index contributed by atoms with van der Waals surface area (Å²) in [7, 11) is 1.69. The van der Waals surface area contributed by atoms with E-state index in [0.717, 1.165) is 24.4 Å². The number of nitrogens with one attached hydrogen (secondary N) is 2. The molecule has 0 aliphatic carbocycles. The highest BCUT2D eigenvalue weighted by atomic mass is 32.1. The number of thiocarbonyl (C=S) groups is 1. The van der Waals surface area contributed by atoms with Crippen LogP contribution in [0.1, 0.15) is 16.7 Å². The number of aryl methyl sites for hydroxylation is 2. The number of ether oxygens (including phenoxy) is 1. The first-order chi connectivity index (χ1) is 10.6. The first-order valence-electron chi connectivity index (χ1n) is 7.34. The van der Waals surface area contributed by atoms with Crippen LogP contribution in [0.3, 0.4) is 0 Å². The van der Waals surface area contributed by atoms with Gasteiger partial charge in [-0.25, -0.2) is 0 Å². The molecule has 0 fully saturated rings. The number of methoxy groups -OCH3 is 1. The second-order valence-electron chi connectivity index (χ2n) is 5.26. The molecule has 0 atom stereocenters. The lowest BCUT2D eigenvalue weighted by molar-refractivity contribution is 0.409. The summed E-state index contributed by atoms with van der Waals surface area (Å²) in [4.78, 5) is 0. The molecule has 0 heterocycles. The van der Waals surface area contributed by atoms with Gasteiger partial charge in [0.25, 0.3) is 0 Å². The molecule has 0 aromatic heterocycles. The summed E-state index contributed by atoms with van der Waals surface area (Å²) in [5.74, 6) is 0.914. The highest BCUT2D eigenvalue weighted by molar-refractivity contribution is 7.80. The van der Waals surface area contributed by atoms with Crippen molar-refractivity contribution in [3.05, 3.63) is 59.2 Å². The zero-order chi connectivity index (χ0) is 15.9. The van der Waals surface area contributed by atoms with E-state index in [-0.39, 0.29) is 0 Å². The Kier molecular flexibility index (Phi) is 5.78. The fourth-order valence-electron chi connectivity index (χ4n) is 2.34. The molecule has 0 radical (unpaired) electrons. The molecule has 0 aliphatic rings. The summed E-state index contributed by atoms with van der Waals surface area (Å²) in [6.07, 6.45) is 0.860. The Hall–Kier alpha value is -2.07. The van der Waals surface area contributed by atoms with Crippen LogP contribution in [0.4, 0.5) is 5.69 Å². The smallest absolute Gasteiger partial charge is 0.170 e. The summed E-state index contributed by atoms with van der Waals surface area (Å²) < 4.78 is 5.35. The largest absolute Gasteiger partial charge is 0.496 e. The van der Waals surface area contributed by atoms with Gasteiger partial charge in [0, 0.05) is 12.2 Å². The third kappa shape index (κ3) is 4.46. The van der Waals surface area contributed by atoms with Crippen LogP contribution in [0.25, 0.3) is 0 Å². The van der Waals surface area contributed by atoms with Crippen molar-refractivity contribution in [2.24, 2.45) is 0 Å². The highest BCUT2D eigenvalue weighted by Gasteiger charge is 2.03. The predicted octanol–water partition coefficient (Wildman–Crippen LogP) is 3.84. The second-order valence-corrected chi connectivity index (χ2v) is 5.67. The molecule has 22 heavy (non-hydrogen) atoms. The van der Waals surface area contributed by atoms with E-state index >= 15 is 0 Å². The monoisotopic (exact) mass is 314 g/mol. The minimum Gasteiger partial charge on any atom is -0.496 e. The van der Waals surface area contributed by atoms with Gasteiger partial charge in [-0.1, -0.05) is 35.9 Å². The Morgan fingerprint density at radius 2 is 1.91 bits per heavy atom. The maximum atomic E-state index is 5.35. The van der Waals surface area contributed by atoms with Crippen LogP contribution in [-0.4, -0.2) is 18.8 Å². The van der Waals surface area contributed by atoms with Crippen LogP contribution in [-0.2, 0) is 6.42 Å². The molecule has 0 amide bonds. The lowest BCUT2D eigenvalue weighted by Crippen LogP contribution is -2.30. The molecule has 0 saturated heterocycles. The zero-order valence-electron chi connectivity index (χ0n) is 13.3. The Morgan fingerprint density at radius 3 is 2.64 bits per heavy atom. The fraction of sp³-hybridized carbons (Fsp3) is 0.278. The molecule has 116 valence electrons. The van der Waals surface area contributed by atoms with Crippen LogP contribution < -0.4 is 15.4 Å². The molecule has 0 unspecified atom stereocenters. The predicted molar refractivity (Wildman–Crippen MR) is 96.8 cm³/mol. The van der Waals surface area contributed by atoms with Gasteiger partial charge in [0.2, 0.25) is 0 Å². The summed E-state index contributed by atoms with van der Waals surface area (Å²) >= 11 is 5.35. The zero-order valence-corrected chi connectivity index (χ0v) is 14.1. The van der Waals surface area contributed by atoms with Crippen LogP contribution in [0.2, 0.25) is 0 Å². The van der Waals surface area contributed by atoms with E-state index in [1.165, 1.54) is 16.7 Å². The van der Waals surface area contributed by atoms with Crippen molar-refractivity contribution in [1.29, 1.82) is 0 Å². The first-order valence-corrected chi connectivity index (χ1v) is 7.75. The number of rotatable bonds is 5. The number of hydrogen-bond acceptors (Lipinski definition) is 2. The Bertz CT molecular complexity index is 655. The van der Waals surface area contributed by atoms with E-state index < -0.39 is 0 Å². The minimum absolute atomic E-state index is 0.641. The second kappa shape index (κ2) is 7.80. The molecule has 2 aromatic rings. The quantitative estimate of drug-likeness (QED) is 0.822. The number of anilines is 1. The normalized spacial score (nSPS) is 10.1. The van der Waals surface area contributed by atoms with E-state index in [1.807, 2.05) is 18.2 Å². The molecule has 2 rings (SSSR count). The topological polar surface area (TPSA) is 33.3 Å². The lowest BCUT2D eigenvalue weighted by atomic mass is 10.1. The molecule has 0 bridgehead atoms. The van der Waals surface area contributed by atoms with Crippen LogP contribution in [0, 0.1) is 13.8 Å². The minimum atomic E-state index is 0.641. The summed E-state index contributed by atoms with van der Waals surface area (Å²) in [5, 5.41) is 7.12. The van der Waals surface area contributed by atoms with E-state index in [1.54, 1.807) is 7.11 Å². The molecular formula is C18H22N2OS. The molecule has 0 saturated carbocycles. The van der Waals surface area contributed by atoms with Gasteiger partial charge in [-0.05, 0) is 55.7 Å². The van der Waals surface area contributed by atoms with Gasteiger partial charge in [-0.2, -0.15) is 0 Å². The van der Waals surface area contributed by atoms with Gasteiger partial charge < -0.3 is 15.4 Å². The van der Waals surface area contributed by atoms with Gasteiger partial charge in [0.1, 0.15) is 5.75 Å².